The van der Waals surface area contributed by atoms with Gasteiger partial charge in [0.2, 0.25) is 0 Å². The van der Waals surface area contributed by atoms with Crippen molar-refractivity contribution in [1.29, 1.82) is 0 Å². The first kappa shape index (κ1) is 11.6. The molecule has 1 aliphatic carbocycles. The van der Waals surface area contributed by atoms with Crippen molar-refractivity contribution in [1.82, 2.24) is 10.3 Å². The molecule has 1 aliphatic rings. The third-order valence-corrected chi connectivity index (χ3v) is 3.69. The van der Waals surface area contributed by atoms with Crippen LogP contribution in [0.25, 0.3) is 0 Å². The number of hydrogen-bond donors (Lipinski definition) is 1. The summed E-state index contributed by atoms with van der Waals surface area (Å²) >= 11 is 0. The van der Waals surface area contributed by atoms with Gasteiger partial charge in [0.15, 0.2) is 0 Å². The summed E-state index contributed by atoms with van der Waals surface area (Å²) in [6, 6.07) is 5.28. The molecule has 2 rings (SSSR count). The van der Waals surface area contributed by atoms with E-state index >= 15 is 0 Å². The van der Waals surface area contributed by atoms with E-state index in [4.69, 9.17) is 0 Å². The summed E-state index contributed by atoms with van der Waals surface area (Å²) in [7, 11) is 0. The van der Waals surface area contributed by atoms with Crippen LogP contribution < -0.4 is 5.32 Å². The maximum atomic E-state index is 4.17. The van der Waals surface area contributed by atoms with E-state index in [0.717, 1.165) is 5.92 Å². The van der Waals surface area contributed by atoms with Gasteiger partial charge in [-0.15, -0.1) is 0 Å². The maximum absolute atomic E-state index is 4.17. The van der Waals surface area contributed by atoms with Gasteiger partial charge in [0.25, 0.3) is 0 Å². The normalized spacial score (nSPS) is 27.6. The Hall–Kier alpha value is -0.890. The molecule has 1 atom stereocenters. The molecule has 0 amide bonds. The van der Waals surface area contributed by atoms with Gasteiger partial charge in [-0.3, -0.25) is 4.98 Å². The Morgan fingerprint density at radius 1 is 1.31 bits per heavy atom. The molecule has 1 aromatic rings. The Morgan fingerprint density at radius 3 is 2.69 bits per heavy atom. The van der Waals surface area contributed by atoms with Crippen molar-refractivity contribution in [3.8, 4) is 0 Å². The molecule has 0 aliphatic heterocycles. The highest BCUT2D eigenvalue weighted by Gasteiger charge is 2.19. The van der Waals surface area contributed by atoms with Crippen LogP contribution in [0.4, 0.5) is 0 Å². The fraction of sp³-hybridized carbons (Fsp3) is 0.643. The number of nitrogens with one attached hydrogen (secondary N) is 1. The number of aromatic nitrogens is 1. The quantitative estimate of drug-likeness (QED) is 0.842. The van der Waals surface area contributed by atoms with Gasteiger partial charge in [0.05, 0.1) is 0 Å². The van der Waals surface area contributed by atoms with Crippen molar-refractivity contribution in [2.75, 3.05) is 0 Å². The van der Waals surface area contributed by atoms with E-state index in [0.29, 0.717) is 12.1 Å². The van der Waals surface area contributed by atoms with E-state index in [1.54, 1.807) is 0 Å². The molecule has 2 nitrogen and oxygen atoms in total. The summed E-state index contributed by atoms with van der Waals surface area (Å²) in [6.45, 7) is 4.59. The van der Waals surface area contributed by atoms with Gasteiger partial charge in [-0.1, -0.05) is 13.0 Å². The van der Waals surface area contributed by atoms with Crippen molar-refractivity contribution < 1.29 is 0 Å². The van der Waals surface area contributed by atoms with Crippen LogP contribution in [0.3, 0.4) is 0 Å². The number of rotatable bonds is 3. The maximum Gasteiger partial charge on any atom is 0.0315 e. The second-order valence-corrected chi connectivity index (χ2v) is 5.13. The summed E-state index contributed by atoms with van der Waals surface area (Å²) in [5.41, 5.74) is 1.29. The molecule has 0 unspecified atom stereocenters. The van der Waals surface area contributed by atoms with Crippen molar-refractivity contribution in [3.05, 3.63) is 30.1 Å². The van der Waals surface area contributed by atoms with Crippen LogP contribution in [0.15, 0.2) is 24.5 Å². The van der Waals surface area contributed by atoms with Gasteiger partial charge in [-0.2, -0.15) is 0 Å². The summed E-state index contributed by atoms with van der Waals surface area (Å²) < 4.78 is 0. The minimum atomic E-state index is 0.423. The van der Waals surface area contributed by atoms with Crippen LogP contribution in [-0.4, -0.2) is 11.0 Å². The van der Waals surface area contributed by atoms with Gasteiger partial charge in [-0.25, -0.2) is 0 Å². The lowest BCUT2D eigenvalue weighted by molar-refractivity contribution is 0.291. The Labute approximate surface area is 98.5 Å². The summed E-state index contributed by atoms with van der Waals surface area (Å²) in [5.74, 6) is 0.923. The molecule has 1 heterocycles. The van der Waals surface area contributed by atoms with Gasteiger partial charge >= 0.3 is 0 Å². The lowest BCUT2D eigenvalue weighted by Crippen LogP contribution is -2.34. The molecule has 1 saturated carbocycles. The zero-order valence-electron chi connectivity index (χ0n) is 10.3. The van der Waals surface area contributed by atoms with Crippen LogP contribution in [0, 0.1) is 5.92 Å². The molecule has 0 bridgehead atoms. The predicted octanol–water partition coefficient (Wildman–Crippen LogP) is 3.31. The first-order valence-corrected chi connectivity index (χ1v) is 6.41. The van der Waals surface area contributed by atoms with Crippen molar-refractivity contribution >= 4 is 0 Å². The first-order valence-electron chi connectivity index (χ1n) is 6.41. The monoisotopic (exact) mass is 218 g/mol. The highest BCUT2D eigenvalue weighted by atomic mass is 14.9. The minimum absolute atomic E-state index is 0.423. The van der Waals surface area contributed by atoms with Crippen LogP contribution in [0.5, 0.6) is 0 Å². The van der Waals surface area contributed by atoms with Crippen LogP contribution in [0.2, 0.25) is 0 Å². The lowest BCUT2D eigenvalue weighted by Gasteiger charge is -2.29. The van der Waals surface area contributed by atoms with Gasteiger partial charge < -0.3 is 5.32 Å². The number of nitrogens with zero attached hydrogens (tertiary/aromatic N) is 1. The second kappa shape index (κ2) is 5.44. The van der Waals surface area contributed by atoms with E-state index in [1.165, 1.54) is 31.2 Å². The van der Waals surface area contributed by atoms with Crippen LogP contribution in [0.1, 0.15) is 51.1 Å². The number of hydrogen-bond acceptors (Lipinski definition) is 2. The highest BCUT2D eigenvalue weighted by molar-refractivity contribution is 5.13. The molecule has 0 saturated heterocycles. The van der Waals surface area contributed by atoms with E-state index in [1.807, 2.05) is 18.5 Å². The van der Waals surface area contributed by atoms with Crippen molar-refractivity contribution in [2.24, 2.45) is 5.92 Å². The molecule has 88 valence electrons. The topological polar surface area (TPSA) is 24.9 Å². The average Bonchev–Trinajstić information content (AvgIpc) is 2.33. The van der Waals surface area contributed by atoms with Gasteiger partial charge in [-0.05, 0) is 50.2 Å². The predicted molar refractivity (Wildman–Crippen MR) is 67.2 cm³/mol. The van der Waals surface area contributed by atoms with Crippen molar-refractivity contribution in [3.63, 3.8) is 0 Å². The van der Waals surface area contributed by atoms with Crippen LogP contribution >= 0.6 is 0 Å². The standard InChI is InChI=1S/C14H22N2/c1-11-5-7-14(8-6-11)16-12(2)13-4-3-9-15-10-13/h3-4,9-12,14,16H,5-8H2,1-2H3/t11?,12-,14?/m0/s1. The number of pyridine rings is 1. The zero-order chi connectivity index (χ0) is 11.4. The van der Waals surface area contributed by atoms with E-state index in [9.17, 15) is 0 Å². The molecule has 0 radical (unpaired) electrons. The summed E-state index contributed by atoms with van der Waals surface area (Å²) in [4.78, 5) is 4.17. The Kier molecular flexibility index (Phi) is 3.94. The summed E-state index contributed by atoms with van der Waals surface area (Å²) in [5, 5.41) is 3.72. The third kappa shape index (κ3) is 3.05. The van der Waals surface area contributed by atoms with Gasteiger partial charge in [0, 0.05) is 24.5 Å². The van der Waals surface area contributed by atoms with E-state index < -0.39 is 0 Å². The SMILES string of the molecule is CC1CCC(N[C@@H](C)c2cccnc2)CC1. The molecule has 0 aromatic carbocycles. The minimum Gasteiger partial charge on any atom is -0.307 e. The van der Waals surface area contributed by atoms with Crippen LogP contribution in [-0.2, 0) is 0 Å². The zero-order valence-corrected chi connectivity index (χ0v) is 10.3. The van der Waals surface area contributed by atoms with E-state index in [-0.39, 0.29) is 0 Å². The van der Waals surface area contributed by atoms with E-state index in [2.05, 4.69) is 30.2 Å². The average molecular weight is 218 g/mol. The molecule has 1 fully saturated rings. The second-order valence-electron chi connectivity index (χ2n) is 5.13. The van der Waals surface area contributed by atoms with Gasteiger partial charge in [0.1, 0.15) is 0 Å². The smallest absolute Gasteiger partial charge is 0.0315 e. The Balaban J connectivity index is 1.86. The highest BCUT2D eigenvalue weighted by Crippen LogP contribution is 2.25. The Morgan fingerprint density at radius 2 is 2.06 bits per heavy atom. The molecular weight excluding hydrogens is 196 g/mol. The summed E-state index contributed by atoms with van der Waals surface area (Å²) in [6.07, 6.45) is 9.19. The molecule has 16 heavy (non-hydrogen) atoms. The molecule has 0 spiro atoms. The molecule has 1 aromatic heterocycles. The third-order valence-electron chi connectivity index (χ3n) is 3.69. The fourth-order valence-electron chi connectivity index (χ4n) is 2.51. The molecule has 1 N–H and O–H groups in total. The van der Waals surface area contributed by atoms with Crippen molar-refractivity contribution in [2.45, 2.75) is 51.6 Å². The molecular formula is C14H22N2. The first-order chi connectivity index (χ1) is 7.75. The lowest BCUT2D eigenvalue weighted by atomic mass is 9.87. The Bertz CT molecular complexity index is 302. The fourth-order valence-corrected chi connectivity index (χ4v) is 2.51. The largest absolute Gasteiger partial charge is 0.307 e. The molecule has 2 heteroatoms.